The van der Waals surface area contributed by atoms with Crippen LogP contribution < -0.4 is 9.62 Å². The molecule has 0 spiro atoms. The smallest absolute Gasteiger partial charge is 0.257 e. The van der Waals surface area contributed by atoms with Gasteiger partial charge < -0.3 is 4.74 Å². The number of ether oxygens (including phenoxy) is 1. The Kier molecular flexibility index (Phi) is 5.76. The van der Waals surface area contributed by atoms with Crippen LogP contribution in [0.1, 0.15) is 28.2 Å². The molecule has 0 unspecified atom stereocenters. The number of benzene rings is 1. The molecule has 0 radical (unpaired) electrons. The van der Waals surface area contributed by atoms with Crippen LogP contribution in [0.2, 0.25) is 5.02 Å². The van der Waals surface area contributed by atoms with Gasteiger partial charge in [-0.1, -0.05) is 22.9 Å². The highest BCUT2D eigenvalue weighted by Gasteiger charge is 2.28. The molecule has 0 aliphatic carbocycles. The quantitative estimate of drug-likeness (QED) is 0.803. The second kappa shape index (κ2) is 7.87. The van der Waals surface area contributed by atoms with E-state index in [9.17, 15) is 13.2 Å². The third-order valence-corrected chi connectivity index (χ3v) is 6.77. The summed E-state index contributed by atoms with van der Waals surface area (Å²) < 4.78 is 30.9. The number of methoxy groups -OCH3 is 1. The normalized spacial score (nSPS) is 16.5. The van der Waals surface area contributed by atoms with E-state index in [1.165, 1.54) is 33.8 Å². The fraction of sp³-hybridized carbons (Fsp3) is 0.400. The first-order valence-electron chi connectivity index (χ1n) is 7.83. The van der Waals surface area contributed by atoms with Crippen molar-refractivity contribution in [2.45, 2.75) is 19.4 Å². The van der Waals surface area contributed by atoms with Crippen LogP contribution >= 0.6 is 22.9 Å². The first-order chi connectivity index (χ1) is 12.4. The van der Waals surface area contributed by atoms with Crippen molar-refractivity contribution < 1.29 is 17.9 Å². The Morgan fingerprint density at radius 3 is 2.92 bits per heavy atom. The van der Waals surface area contributed by atoms with Gasteiger partial charge in [0.25, 0.3) is 5.91 Å². The molecule has 1 aliphatic heterocycles. The van der Waals surface area contributed by atoms with Crippen LogP contribution in [0.4, 0.5) is 10.8 Å². The van der Waals surface area contributed by atoms with Gasteiger partial charge in [-0.25, -0.2) is 8.42 Å². The summed E-state index contributed by atoms with van der Waals surface area (Å²) in [5.41, 5.74) is 0.602. The number of hydrogen-bond donors (Lipinski definition) is 1. The van der Waals surface area contributed by atoms with Crippen molar-refractivity contribution in [1.82, 2.24) is 10.2 Å². The van der Waals surface area contributed by atoms with Crippen LogP contribution in [0.15, 0.2) is 18.2 Å². The maximum Gasteiger partial charge on any atom is 0.257 e. The molecule has 1 aromatic carbocycles. The third-order valence-electron chi connectivity index (χ3n) is 3.78. The number of carbonyl (C=O) groups excluding carboxylic acids is 1. The van der Waals surface area contributed by atoms with Crippen molar-refractivity contribution in [1.29, 1.82) is 0 Å². The Balaban J connectivity index is 1.83. The third kappa shape index (κ3) is 4.14. The second-order valence-corrected chi connectivity index (χ2v) is 9.13. The number of amides is 1. The average molecular weight is 417 g/mol. The monoisotopic (exact) mass is 416 g/mol. The van der Waals surface area contributed by atoms with Crippen molar-refractivity contribution in [2.24, 2.45) is 0 Å². The number of sulfonamides is 1. The highest BCUT2D eigenvalue weighted by atomic mass is 35.5. The number of nitrogens with zero attached hydrogens (tertiary/aromatic N) is 3. The molecule has 26 heavy (non-hydrogen) atoms. The largest absolute Gasteiger partial charge is 0.377 e. The van der Waals surface area contributed by atoms with Crippen LogP contribution in [0.25, 0.3) is 0 Å². The molecule has 1 aromatic heterocycles. The van der Waals surface area contributed by atoms with E-state index in [1.54, 1.807) is 7.11 Å². The summed E-state index contributed by atoms with van der Waals surface area (Å²) in [6, 6.07) is 4.54. The predicted molar refractivity (Wildman–Crippen MR) is 100 cm³/mol. The van der Waals surface area contributed by atoms with Gasteiger partial charge in [-0.15, -0.1) is 10.2 Å². The average Bonchev–Trinajstić information content (AvgIpc) is 3.03. The van der Waals surface area contributed by atoms with Crippen molar-refractivity contribution in [3.8, 4) is 0 Å². The maximum atomic E-state index is 12.5. The van der Waals surface area contributed by atoms with E-state index in [1.807, 2.05) is 0 Å². The number of halogens is 1. The van der Waals surface area contributed by atoms with Crippen molar-refractivity contribution in [3.05, 3.63) is 33.8 Å². The number of carbonyl (C=O) groups is 1. The Morgan fingerprint density at radius 1 is 1.38 bits per heavy atom. The summed E-state index contributed by atoms with van der Waals surface area (Å²) in [5, 5.41) is 11.7. The van der Waals surface area contributed by atoms with Gasteiger partial charge in [-0.3, -0.25) is 14.4 Å². The second-order valence-electron chi connectivity index (χ2n) is 5.65. The van der Waals surface area contributed by atoms with Gasteiger partial charge in [0.05, 0.1) is 16.5 Å². The molecule has 3 rings (SSSR count). The molecule has 1 amide bonds. The van der Waals surface area contributed by atoms with Crippen LogP contribution in [0.3, 0.4) is 0 Å². The lowest BCUT2D eigenvalue weighted by molar-refractivity contribution is 0.102. The van der Waals surface area contributed by atoms with E-state index in [2.05, 4.69) is 15.5 Å². The molecule has 1 N–H and O–H groups in total. The lowest BCUT2D eigenvalue weighted by Gasteiger charge is -2.29. The molecule has 8 nitrogen and oxygen atoms in total. The van der Waals surface area contributed by atoms with Gasteiger partial charge in [-0.05, 0) is 31.0 Å². The van der Waals surface area contributed by atoms with Crippen LogP contribution in [-0.2, 0) is 21.4 Å². The molecule has 0 bridgehead atoms. The van der Waals surface area contributed by atoms with Gasteiger partial charge in [0, 0.05) is 19.2 Å². The molecule has 0 saturated carbocycles. The van der Waals surface area contributed by atoms with E-state index >= 15 is 0 Å². The van der Waals surface area contributed by atoms with E-state index in [0.717, 1.165) is 6.42 Å². The van der Waals surface area contributed by atoms with E-state index in [-0.39, 0.29) is 16.3 Å². The van der Waals surface area contributed by atoms with Crippen molar-refractivity contribution in [2.75, 3.05) is 29.0 Å². The molecule has 11 heteroatoms. The Hall–Kier alpha value is -1.75. The highest BCUT2D eigenvalue weighted by Crippen LogP contribution is 2.32. The standard InChI is InChI=1S/C15H17ClN4O4S2/c1-24-9-13-18-19-15(25-13)17-14(21)10-4-5-11(16)12(8-10)20-6-2-3-7-26(20,22)23/h4-5,8H,2-3,6-7,9H2,1H3,(H,17,19,21). The Labute approximate surface area is 160 Å². The highest BCUT2D eigenvalue weighted by molar-refractivity contribution is 7.92. The molecule has 2 heterocycles. The molecule has 140 valence electrons. The lowest BCUT2D eigenvalue weighted by Crippen LogP contribution is -2.38. The van der Waals surface area contributed by atoms with E-state index in [4.69, 9.17) is 16.3 Å². The number of anilines is 2. The zero-order chi connectivity index (χ0) is 18.7. The van der Waals surface area contributed by atoms with Crippen LogP contribution in [-0.4, -0.2) is 43.9 Å². The predicted octanol–water partition coefficient (Wildman–Crippen LogP) is 2.52. The minimum absolute atomic E-state index is 0.0762. The van der Waals surface area contributed by atoms with E-state index < -0.39 is 15.9 Å². The maximum absolute atomic E-state index is 12.5. The Morgan fingerprint density at radius 2 is 2.19 bits per heavy atom. The number of hydrogen-bond acceptors (Lipinski definition) is 7. The molecule has 2 aromatic rings. The van der Waals surface area contributed by atoms with Gasteiger partial charge in [0.2, 0.25) is 15.2 Å². The topological polar surface area (TPSA) is 101 Å². The number of rotatable bonds is 5. The molecular formula is C15H17ClN4O4S2. The molecule has 1 fully saturated rings. The number of aromatic nitrogens is 2. The minimum atomic E-state index is -3.42. The first kappa shape index (κ1) is 19.0. The summed E-state index contributed by atoms with van der Waals surface area (Å²) in [7, 11) is -1.88. The fourth-order valence-electron chi connectivity index (χ4n) is 2.56. The minimum Gasteiger partial charge on any atom is -0.377 e. The van der Waals surface area contributed by atoms with Crippen LogP contribution in [0.5, 0.6) is 0 Å². The van der Waals surface area contributed by atoms with Crippen molar-refractivity contribution >= 4 is 49.7 Å². The molecule has 1 saturated heterocycles. The SMILES string of the molecule is COCc1nnc(NC(=O)c2ccc(Cl)c(N3CCCCS3(=O)=O)c2)s1. The van der Waals surface area contributed by atoms with Crippen molar-refractivity contribution in [3.63, 3.8) is 0 Å². The summed E-state index contributed by atoms with van der Waals surface area (Å²) in [6.45, 7) is 0.662. The summed E-state index contributed by atoms with van der Waals surface area (Å²) in [4.78, 5) is 12.5. The lowest BCUT2D eigenvalue weighted by atomic mass is 10.2. The first-order valence-corrected chi connectivity index (χ1v) is 10.6. The van der Waals surface area contributed by atoms with Gasteiger partial charge in [-0.2, -0.15) is 0 Å². The van der Waals surface area contributed by atoms with E-state index in [0.29, 0.717) is 35.4 Å². The summed E-state index contributed by atoms with van der Waals surface area (Å²) >= 11 is 7.39. The fourth-order valence-corrected chi connectivity index (χ4v) is 5.18. The van der Waals surface area contributed by atoms with Gasteiger partial charge >= 0.3 is 0 Å². The molecular weight excluding hydrogens is 400 g/mol. The van der Waals surface area contributed by atoms with Gasteiger partial charge in [0.1, 0.15) is 11.6 Å². The molecule has 0 atom stereocenters. The zero-order valence-corrected chi connectivity index (χ0v) is 16.3. The zero-order valence-electron chi connectivity index (χ0n) is 13.9. The van der Waals surface area contributed by atoms with Crippen LogP contribution in [0, 0.1) is 0 Å². The molecule has 1 aliphatic rings. The summed E-state index contributed by atoms with van der Waals surface area (Å²) in [5.74, 6) is -0.343. The van der Waals surface area contributed by atoms with Gasteiger partial charge in [0.15, 0.2) is 0 Å². The Bertz CT molecular complexity index is 916. The number of nitrogens with one attached hydrogen (secondary N) is 1. The summed E-state index contributed by atoms with van der Waals surface area (Å²) in [6.07, 6.45) is 1.37.